The molecule has 1 aromatic heterocycles. The Hall–Kier alpha value is -0.420. The summed E-state index contributed by atoms with van der Waals surface area (Å²) in [5, 5.41) is 3.91. The Balaban J connectivity index is 1.92. The zero-order valence-electron chi connectivity index (χ0n) is 10.7. The third-order valence-corrected chi connectivity index (χ3v) is 6.15. The third kappa shape index (κ3) is 2.48. The molecule has 2 aliphatic rings. The monoisotopic (exact) mass is 281 g/mol. The quantitative estimate of drug-likeness (QED) is 0.922. The largest absolute Gasteiger partial charge is 0.370 e. The Morgan fingerprint density at radius 1 is 1.28 bits per heavy atom. The van der Waals surface area contributed by atoms with Gasteiger partial charge in [-0.15, -0.1) is 11.8 Å². The summed E-state index contributed by atoms with van der Waals surface area (Å²) in [4.78, 5) is 9.64. The maximum atomic E-state index is 4.83. The van der Waals surface area contributed by atoms with E-state index in [1.165, 1.54) is 29.2 Å². The molecule has 1 fully saturated rings. The van der Waals surface area contributed by atoms with Gasteiger partial charge in [0.2, 0.25) is 0 Å². The highest BCUT2D eigenvalue weighted by Crippen LogP contribution is 2.37. The number of fused-ring (bicyclic) bond motifs is 1. The smallest absolute Gasteiger partial charge is 0.144 e. The lowest BCUT2D eigenvalue weighted by Gasteiger charge is -2.21. The first kappa shape index (κ1) is 12.6. The summed E-state index contributed by atoms with van der Waals surface area (Å²) >= 11 is 4.04. The molecule has 1 aliphatic carbocycles. The van der Waals surface area contributed by atoms with Crippen molar-refractivity contribution in [3.8, 4) is 0 Å². The second kappa shape index (κ2) is 5.70. The number of nitrogens with one attached hydrogen (secondary N) is 1. The van der Waals surface area contributed by atoms with Crippen molar-refractivity contribution in [2.75, 3.05) is 29.1 Å². The van der Waals surface area contributed by atoms with Gasteiger partial charge in [-0.25, -0.2) is 9.97 Å². The molecule has 5 heteroatoms. The maximum Gasteiger partial charge on any atom is 0.144 e. The molecular formula is C13H19N3S2. The first-order valence-electron chi connectivity index (χ1n) is 6.71. The number of hydrogen-bond donors (Lipinski definition) is 1. The number of aromatic nitrogens is 2. The molecule has 1 N–H and O–H groups in total. The Morgan fingerprint density at radius 2 is 2.22 bits per heavy atom. The maximum absolute atomic E-state index is 4.83. The van der Waals surface area contributed by atoms with Crippen molar-refractivity contribution in [3.05, 3.63) is 17.1 Å². The van der Waals surface area contributed by atoms with Crippen LogP contribution >= 0.6 is 23.5 Å². The van der Waals surface area contributed by atoms with Crippen molar-refractivity contribution in [2.24, 2.45) is 0 Å². The summed E-state index contributed by atoms with van der Waals surface area (Å²) in [6, 6.07) is 0. The van der Waals surface area contributed by atoms with Crippen molar-refractivity contribution in [1.82, 2.24) is 9.97 Å². The molecule has 0 bridgehead atoms. The standard InChI is InChI=1S/C13H19N3S2/c1-2-14-12-9-4-3-5-10(9)15-13(16-12)11-8-17-6-7-18-11/h11H,2-8H2,1H3,(H,14,15,16). The van der Waals surface area contributed by atoms with E-state index in [1.807, 2.05) is 23.5 Å². The van der Waals surface area contributed by atoms with Crippen LogP contribution in [-0.4, -0.2) is 33.8 Å². The van der Waals surface area contributed by atoms with Crippen LogP contribution in [0.25, 0.3) is 0 Å². The molecule has 3 nitrogen and oxygen atoms in total. The average molecular weight is 281 g/mol. The van der Waals surface area contributed by atoms with Crippen LogP contribution in [0, 0.1) is 0 Å². The fourth-order valence-electron chi connectivity index (χ4n) is 2.55. The van der Waals surface area contributed by atoms with E-state index in [9.17, 15) is 0 Å². The van der Waals surface area contributed by atoms with Gasteiger partial charge in [-0.05, 0) is 26.2 Å². The summed E-state index contributed by atoms with van der Waals surface area (Å²) < 4.78 is 0. The van der Waals surface area contributed by atoms with Crippen LogP contribution in [0.2, 0.25) is 0 Å². The first-order chi connectivity index (χ1) is 8.88. The van der Waals surface area contributed by atoms with E-state index in [4.69, 9.17) is 9.97 Å². The van der Waals surface area contributed by atoms with Crippen LogP contribution in [0.3, 0.4) is 0 Å². The van der Waals surface area contributed by atoms with Crippen LogP contribution < -0.4 is 5.32 Å². The summed E-state index contributed by atoms with van der Waals surface area (Å²) in [6.07, 6.45) is 3.51. The van der Waals surface area contributed by atoms with Gasteiger partial charge in [0.25, 0.3) is 0 Å². The van der Waals surface area contributed by atoms with Crippen LogP contribution in [0.1, 0.15) is 35.7 Å². The van der Waals surface area contributed by atoms with E-state index < -0.39 is 0 Å². The van der Waals surface area contributed by atoms with E-state index in [0.717, 1.165) is 36.8 Å². The minimum Gasteiger partial charge on any atom is -0.370 e. The number of anilines is 1. The lowest BCUT2D eigenvalue weighted by molar-refractivity contribution is 0.871. The van der Waals surface area contributed by atoms with Crippen LogP contribution in [-0.2, 0) is 12.8 Å². The highest BCUT2D eigenvalue weighted by atomic mass is 32.2. The van der Waals surface area contributed by atoms with E-state index in [0.29, 0.717) is 5.25 Å². The molecule has 18 heavy (non-hydrogen) atoms. The van der Waals surface area contributed by atoms with E-state index in [1.54, 1.807) is 0 Å². The molecule has 0 amide bonds. The molecule has 1 aliphatic heterocycles. The van der Waals surface area contributed by atoms with Gasteiger partial charge in [0.1, 0.15) is 11.6 Å². The number of rotatable bonds is 3. The summed E-state index contributed by atoms with van der Waals surface area (Å²) in [6.45, 7) is 3.07. The molecule has 0 saturated carbocycles. The minimum absolute atomic E-state index is 0.493. The average Bonchev–Trinajstić information content (AvgIpc) is 2.88. The molecule has 2 heterocycles. The minimum atomic E-state index is 0.493. The van der Waals surface area contributed by atoms with Crippen molar-refractivity contribution in [3.63, 3.8) is 0 Å². The summed E-state index contributed by atoms with van der Waals surface area (Å²) in [7, 11) is 0. The van der Waals surface area contributed by atoms with E-state index in [2.05, 4.69) is 12.2 Å². The SMILES string of the molecule is CCNc1nc(C2CSCCS2)nc2c1CCC2. The van der Waals surface area contributed by atoms with Gasteiger partial charge < -0.3 is 5.32 Å². The molecule has 1 unspecified atom stereocenters. The second-order valence-electron chi connectivity index (χ2n) is 4.67. The van der Waals surface area contributed by atoms with Gasteiger partial charge in [0.15, 0.2) is 0 Å². The first-order valence-corrected chi connectivity index (χ1v) is 8.91. The summed E-state index contributed by atoms with van der Waals surface area (Å²) in [5.74, 6) is 5.82. The number of aryl methyl sites for hydroxylation is 1. The van der Waals surface area contributed by atoms with Gasteiger partial charge in [-0.1, -0.05) is 0 Å². The fourth-order valence-corrected chi connectivity index (χ4v) is 5.14. The predicted octanol–water partition coefficient (Wildman–Crippen LogP) is 2.92. The van der Waals surface area contributed by atoms with Crippen molar-refractivity contribution in [2.45, 2.75) is 31.4 Å². The van der Waals surface area contributed by atoms with Crippen molar-refractivity contribution in [1.29, 1.82) is 0 Å². The molecule has 1 aromatic rings. The predicted molar refractivity (Wildman–Crippen MR) is 80.7 cm³/mol. The van der Waals surface area contributed by atoms with Gasteiger partial charge >= 0.3 is 0 Å². The topological polar surface area (TPSA) is 37.8 Å². The number of thioether (sulfide) groups is 2. The molecule has 0 aromatic carbocycles. The van der Waals surface area contributed by atoms with Crippen LogP contribution in [0.4, 0.5) is 5.82 Å². The van der Waals surface area contributed by atoms with Gasteiger partial charge in [-0.3, -0.25) is 0 Å². The summed E-state index contributed by atoms with van der Waals surface area (Å²) in [5.41, 5.74) is 2.67. The molecule has 1 atom stereocenters. The molecule has 3 rings (SSSR count). The second-order valence-corrected chi connectivity index (χ2v) is 7.13. The fraction of sp³-hybridized carbons (Fsp3) is 0.692. The highest BCUT2D eigenvalue weighted by Gasteiger charge is 2.24. The van der Waals surface area contributed by atoms with Gasteiger partial charge in [-0.2, -0.15) is 11.8 Å². The lowest BCUT2D eigenvalue weighted by atomic mass is 10.2. The molecule has 98 valence electrons. The third-order valence-electron chi connectivity index (χ3n) is 3.40. The van der Waals surface area contributed by atoms with Gasteiger partial charge in [0, 0.05) is 35.1 Å². The lowest BCUT2D eigenvalue weighted by Crippen LogP contribution is -2.14. The Labute approximate surface area is 117 Å². The van der Waals surface area contributed by atoms with E-state index in [-0.39, 0.29) is 0 Å². The molecule has 1 saturated heterocycles. The normalized spacial score (nSPS) is 22.8. The van der Waals surface area contributed by atoms with E-state index >= 15 is 0 Å². The zero-order chi connectivity index (χ0) is 12.4. The molecule has 0 radical (unpaired) electrons. The van der Waals surface area contributed by atoms with Crippen molar-refractivity contribution >= 4 is 29.3 Å². The Kier molecular flexibility index (Phi) is 3.99. The molecular weight excluding hydrogens is 262 g/mol. The van der Waals surface area contributed by atoms with Crippen LogP contribution in [0.5, 0.6) is 0 Å². The zero-order valence-corrected chi connectivity index (χ0v) is 12.4. The Morgan fingerprint density at radius 3 is 3.00 bits per heavy atom. The number of hydrogen-bond acceptors (Lipinski definition) is 5. The Bertz CT molecular complexity index is 430. The highest BCUT2D eigenvalue weighted by molar-refractivity contribution is 8.06. The molecule has 0 spiro atoms. The van der Waals surface area contributed by atoms with Gasteiger partial charge in [0.05, 0.1) is 5.25 Å². The van der Waals surface area contributed by atoms with Crippen LogP contribution in [0.15, 0.2) is 0 Å². The van der Waals surface area contributed by atoms with Crippen molar-refractivity contribution < 1.29 is 0 Å². The number of nitrogens with zero attached hydrogens (tertiary/aromatic N) is 2.